The van der Waals surface area contributed by atoms with E-state index in [1.807, 2.05) is 38.1 Å². The van der Waals surface area contributed by atoms with Crippen molar-refractivity contribution in [3.8, 4) is 11.5 Å². The minimum Gasteiger partial charge on any atom is -0.493 e. The number of halogens is 3. The smallest absolute Gasteiger partial charge is 0.244 e. The summed E-state index contributed by atoms with van der Waals surface area (Å²) in [5.41, 5.74) is 7.21. The zero-order chi connectivity index (χ0) is 24.0. The fourth-order valence-electron chi connectivity index (χ4n) is 3.17. The van der Waals surface area contributed by atoms with Crippen LogP contribution in [-0.4, -0.2) is 19.2 Å². The fraction of sp³-hybridized carbons (Fsp3) is 0.200. The molecular formula is C25H23Cl3N2O3. The van der Waals surface area contributed by atoms with Crippen molar-refractivity contribution < 1.29 is 14.3 Å². The Labute approximate surface area is 208 Å². The zero-order valence-corrected chi connectivity index (χ0v) is 20.7. The molecule has 0 aliphatic carbocycles. The second kappa shape index (κ2) is 11.4. The van der Waals surface area contributed by atoms with Crippen LogP contribution in [0.2, 0.25) is 15.1 Å². The van der Waals surface area contributed by atoms with Crippen molar-refractivity contribution in [1.82, 2.24) is 5.43 Å². The second-order valence-corrected chi connectivity index (χ2v) is 8.69. The van der Waals surface area contributed by atoms with Crippen LogP contribution in [-0.2, 0) is 17.8 Å². The van der Waals surface area contributed by atoms with Crippen LogP contribution in [0.25, 0.3) is 0 Å². The Morgan fingerprint density at radius 1 is 1.00 bits per heavy atom. The van der Waals surface area contributed by atoms with Crippen LogP contribution in [0, 0.1) is 13.8 Å². The Balaban J connectivity index is 1.65. The molecule has 0 saturated heterocycles. The van der Waals surface area contributed by atoms with Gasteiger partial charge in [-0.05, 0) is 60.4 Å². The van der Waals surface area contributed by atoms with Crippen molar-refractivity contribution in [2.75, 3.05) is 7.11 Å². The summed E-state index contributed by atoms with van der Waals surface area (Å²) in [6.07, 6.45) is 1.74. The average molecular weight is 506 g/mol. The summed E-state index contributed by atoms with van der Waals surface area (Å²) < 4.78 is 11.3. The van der Waals surface area contributed by atoms with Gasteiger partial charge in [-0.15, -0.1) is 0 Å². The first-order chi connectivity index (χ1) is 15.8. The number of ether oxygens (including phenoxy) is 2. The number of rotatable bonds is 8. The lowest BCUT2D eigenvalue weighted by molar-refractivity contribution is -0.120. The highest BCUT2D eigenvalue weighted by molar-refractivity contribution is 6.42. The van der Waals surface area contributed by atoms with Gasteiger partial charge in [0.1, 0.15) is 6.61 Å². The van der Waals surface area contributed by atoms with Gasteiger partial charge in [-0.1, -0.05) is 64.6 Å². The van der Waals surface area contributed by atoms with Crippen LogP contribution in [0.4, 0.5) is 0 Å². The summed E-state index contributed by atoms with van der Waals surface area (Å²) in [5.74, 6) is 0.615. The zero-order valence-electron chi connectivity index (χ0n) is 18.4. The van der Waals surface area contributed by atoms with Crippen molar-refractivity contribution >= 4 is 46.9 Å². The quantitative estimate of drug-likeness (QED) is 0.279. The van der Waals surface area contributed by atoms with Crippen LogP contribution < -0.4 is 14.9 Å². The van der Waals surface area contributed by atoms with Crippen molar-refractivity contribution in [2.24, 2.45) is 5.10 Å². The van der Waals surface area contributed by atoms with Crippen LogP contribution in [0.15, 0.2) is 53.6 Å². The molecular weight excluding hydrogens is 483 g/mol. The van der Waals surface area contributed by atoms with Gasteiger partial charge >= 0.3 is 0 Å². The SMILES string of the molecule is COc1cc(/C=N\NC(=O)Cc2ccc(C)cc2C)cc(Cl)c1OCc1ccc(Cl)c(Cl)c1. The summed E-state index contributed by atoms with van der Waals surface area (Å²) >= 11 is 18.4. The minimum atomic E-state index is -0.210. The largest absolute Gasteiger partial charge is 0.493 e. The summed E-state index contributed by atoms with van der Waals surface area (Å²) in [6, 6.07) is 14.6. The molecule has 0 aromatic heterocycles. The molecule has 8 heteroatoms. The molecule has 0 atom stereocenters. The van der Waals surface area contributed by atoms with Crippen molar-refractivity contribution in [3.63, 3.8) is 0 Å². The number of benzene rings is 3. The van der Waals surface area contributed by atoms with Crippen molar-refractivity contribution in [2.45, 2.75) is 26.9 Å². The Hall–Kier alpha value is -2.73. The molecule has 1 N–H and O–H groups in total. The molecule has 0 heterocycles. The molecule has 0 bridgehead atoms. The number of nitrogens with zero attached hydrogens (tertiary/aromatic N) is 1. The number of carbonyl (C=O) groups is 1. The van der Waals surface area contributed by atoms with Crippen molar-refractivity contribution in [1.29, 1.82) is 0 Å². The lowest BCUT2D eigenvalue weighted by Crippen LogP contribution is -2.20. The van der Waals surface area contributed by atoms with Gasteiger partial charge in [-0.25, -0.2) is 5.43 Å². The van der Waals surface area contributed by atoms with E-state index >= 15 is 0 Å². The van der Waals surface area contributed by atoms with Crippen molar-refractivity contribution in [3.05, 3.63) is 91.4 Å². The molecule has 0 fully saturated rings. The Morgan fingerprint density at radius 2 is 1.79 bits per heavy atom. The van der Waals surface area contributed by atoms with Gasteiger partial charge in [0.15, 0.2) is 11.5 Å². The summed E-state index contributed by atoms with van der Waals surface area (Å²) in [6.45, 7) is 4.23. The molecule has 0 spiro atoms. The highest BCUT2D eigenvalue weighted by atomic mass is 35.5. The molecule has 3 aromatic carbocycles. The third-order valence-electron chi connectivity index (χ3n) is 4.87. The maximum Gasteiger partial charge on any atom is 0.244 e. The topological polar surface area (TPSA) is 59.9 Å². The van der Waals surface area contributed by atoms with Gasteiger partial charge in [0.25, 0.3) is 0 Å². The van der Waals surface area contributed by atoms with Gasteiger partial charge in [0.2, 0.25) is 5.91 Å². The Kier molecular flexibility index (Phi) is 8.61. The molecule has 1 amide bonds. The van der Waals surface area contributed by atoms with Crippen LogP contribution in [0.1, 0.15) is 27.8 Å². The van der Waals surface area contributed by atoms with E-state index in [0.717, 1.165) is 22.3 Å². The second-order valence-electron chi connectivity index (χ2n) is 7.47. The number of hydrazone groups is 1. The van der Waals surface area contributed by atoms with E-state index < -0.39 is 0 Å². The number of carbonyl (C=O) groups excluding carboxylic acids is 1. The molecule has 0 saturated carbocycles. The van der Waals surface area contributed by atoms with E-state index in [2.05, 4.69) is 10.5 Å². The number of hydrogen-bond donors (Lipinski definition) is 1. The predicted molar refractivity (Wildman–Crippen MR) is 134 cm³/mol. The number of aryl methyl sites for hydroxylation is 2. The first-order valence-corrected chi connectivity index (χ1v) is 11.2. The van der Waals surface area contributed by atoms with Gasteiger partial charge in [0, 0.05) is 0 Å². The first kappa shape index (κ1) is 24.9. The summed E-state index contributed by atoms with van der Waals surface area (Å²) in [5, 5.41) is 5.30. The van der Waals surface area contributed by atoms with Gasteiger partial charge in [0.05, 0.1) is 34.8 Å². The van der Waals surface area contributed by atoms with Crippen LogP contribution in [0.5, 0.6) is 11.5 Å². The molecule has 0 aliphatic heterocycles. The fourth-order valence-corrected chi connectivity index (χ4v) is 3.77. The highest BCUT2D eigenvalue weighted by Gasteiger charge is 2.13. The predicted octanol–water partition coefficient (Wildman–Crippen LogP) is 6.54. The molecule has 3 rings (SSSR count). The molecule has 172 valence electrons. The average Bonchev–Trinajstić information content (AvgIpc) is 2.77. The van der Waals surface area contributed by atoms with E-state index in [1.54, 1.807) is 24.3 Å². The lowest BCUT2D eigenvalue weighted by Gasteiger charge is -2.13. The van der Waals surface area contributed by atoms with E-state index in [4.69, 9.17) is 44.3 Å². The normalized spacial score (nSPS) is 11.0. The van der Waals surface area contributed by atoms with E-state index in [0.29, 0.717) is 32.1 Å². The molecule has 3 aromatic rings. The number of amides is 1. The van der Waals surface area contributed by atoms with Gasteiger partial charge in [-0.3, -0.25) is 4.79 Å². The Bertz CT molecular complexity index is 1200. The molecule has 0 unspecified atom stereocenters. The minimum absolute atomic E-state index is 0.210. The van der Waals surface area contributed by atoms with Crippen LogP contribution in [0.3, 0.4) is 0 Å². The lowest BCUT2D eigenvalue weighted by atomic mass is 10.0. The molecule has 0 radical (unpaired) electrons. The molecule has 0 aliphatic rings. The van der Waals surface area contributed by atoms with Gasteiger partial charge in [-0.2, -0.15) is 5.10 Å². The maximum atomic E-state index is 12.2. The molecule has 5 nitrogen and oxygen atoms in total. The summed E-state index contributed by atoms with van der Waals surface area (Å²) in [4.78, 5) is 12.2. The third kappa shape index (κ3) is 6.87. The molecule has 33 heavy (non-hydrogen) atoms. The van der Waals surface area contributed by atoms with E-state index in [9.17, 15) is 4.79 Å². The number of hydrogen-bond acceptors (Lipinski definition) is 4. The number of methoxy groups -OCH3 is 1. The maximum absolute atomic E-state index is 12.2. The van der Waals surface area contributed by atoms with Gasteiger partial charge < -0.3 is 9.47 Å². The van der Waals surface area contributed by atoms with Crippen LogP contribution >= 0.6 is 34.8 Å². The highest BCUT2D eigenvalue weighted by Crippen LogP contribution is 2.37. The number of nitrogens with one attached hydrogen (secondary N) is 1. The standard InChI is InChI=1S/C25H23Cl3N2O3/c1-15-4-6-19(16(2)8-15)12-24(31)30-29-13-18-10-22(28)25(23(11-18)32-3)33-14-17-5-7-20(26)21(27)9-17/h4-11,13H,12,14H2,1-3H3,(H,30,31)/b29-13-. The third-order valence-corrected chi connectivity index (χ3v) is 5.89. The summed E-state index contributed by atoms with van der Waals surface area (Å²) in [7, 11) is 1.52. The Morgan fingerprint density at radius 3 is 2.48 bits per heavy atom. The first-order valence-electron chi connectivity index (χ1n) is 10.1. The van der Waals surface area contributed by atoms with E-state index in [1.165, 1.54) is 13.3 Å². The monoisotopic (exact) mass is 504 g/mol. The van der Waals surface area contributed by atoms with E-state index in [-0.39, 0.29) is 18.9 Å².